The van der Waals surface area contributed by atoms with Gasteiger partial charge in [0.05, 0.1) is 0 Å². The van der Waals surface area contributed by atoms with Crippen LogP contribution in [0.25, 0.3) is 5.57 Å². The number of aliphatic hydroxyl groups excluding tert-OH is 1. The van der Waals surface area contributed by atoms with Gasteiger partial charge in [-0.05, 0) is 26.2 Å². The monoisotopic (exact) mass is 373 g/mol. The summed E-state index contributed by atoms with van der Waals surface area (Å²) >= 11 is 0. The lowest BCUT2D eigenvalue weighted by atomic mass is 9.88. The van der Waals surface area contributed by atoms with Crippen molar-refractivity contribution in [1.82, 2.24) is 15.0 Å². The number of nitrogens with one attached hydrogen (secondary N) is 1. The van der Waals surface area contributed by atoms with Crippen molar-refractivity contribution in [2.24, 2.45) is 4.99 Å². The molecule has 2 aliphatic rings. The minimum absolute atomic E-state index is 0.0266. The van der Waals surface area contributed by atoms with Crippen LogP contribution < -0.4 is 5.32 Å². The van der Waals surface area contributed by atoms with Crippen LogP contribution in [-0.2, 0) is 0 Å². The van der Waals surface area contributed by atoms with E-state index in [2.05, 4.69) is 25.3 Å². The zero-order chi connectivity index (χ0) is 18.9. The molecule has 0 radical (unpaired) electrons. The molecule has 1 heterocycles. The van der Waals surface area contributed by atoms with Gasteiger partial charge in [0.25, 0.3) is 11.9 Å². The fraction of sp³-hybridized carbons (Fsp3) is 0.625. The van der Waals surface area contributed by atoms with E-state index < -0.39 is 30.6 Å². The van der Waals surface area contributed by atoms with Crippen molar-refractivity contribution in [3.63, 3.8) is 0 Å². The Kier molecular flexibility index (Phi) is 5.22. The van der Waals surface area contributed by atoms with E-state index in [0.717, 1.165) is 0 Å². The molecule has 1 fully saturated rings. The fourth-order valence-corrected chi connectivity index (χ4v) is 2.90. The number of rotatable bonds is 5. The van der Waals surface area contributed by atoms with E-state index >= 15 is 0 Å². The van der Waals surface area contributed by atoms with E-state index in [1.54, 1.807) is 0 Å². The Morgan fingerprint density at radius 3 is 2.69 bits per heavy atom. The number of aromatic nitrogens is 3. The fourth-order valence-electron chi connectivity index (χ4n) is 2.90. The summed E-state index contributed by atoms with van der Waals surface area (Å²) in [5, 5.41) is 12.5. The average Bonchev–Trinajstić information content (AvgIpc) is 2.55. The summed E-state index contributed by atoms with van der Waals surface area (Å²) in [6, 6.07) is -0.518. The first-order chi connectivity index (χ1) is 12.3. The predicted octanol–water partition coefficient (Wildman–Crippen LogP) is 3.37. The molecule has 0 amide bonds. The first-order valence-corrected chi connectivity index (χ1v) is 8.35. The molecule has 6 nitrogen and oxygen atoms in total. The molecule has 3 rings (SSSR count). The van der Waals surface area contributed by atoms with Crippen molar-refractivity contribution in [2.45, 2.75) is 57.1 Å². The number of halogens is 4. The molecule has 1 aromatic heterocycles. The van der Waals surface area contributed by atoms with Gasteiger partial charge in [0.2, 0.25) is 5.95 Å². The van der Waals surface area contributed by atoms with Crippen LogP contribution in [0.15, 0.2) is 10.8 Å². The molecule has 0 aliphatic heterocycles. The quantitative estimate of drug-likeness (QED) is 0.611. The maximum absolute atomic E-state index is 14.3. The molecule has 0 spiro atoms. The van der Waals surface area contributed by atoms with Gasteiger partial charge in [-0.2, -0.15) is 15.0 Å². The molecule has 2 aliphatic carbocycles. The number of nitrogens with zero attached hydrogens (tertiary/aromatic N) is 4. The lowest BCUT2D eigenvalue weighted by molar-refractivity contribution is -0.0794. The smallest absolute Gasteiger partial charge is 0.254 e. The van der Waals surface area contributed by atoms with Crippen molar-refractivity contribution < 1.29 is 22.7 Å². The number of anilines is 1. The third kappa shape index (κ3) is 4.17. The minimum atomic E-state index is -2.72. The molecule has 1 saturated carbocycles. The first-order valence-electron chi connectivity index (χ1n) is 8.35. The number of aliphatic hydroxyl groups is 1. The van der Waals surface area contributed by atoms with Crippen LogP contribution in [0.5, 0.6) is 0 Å². The van der Waals surface area contributed by atoms with Crippen molar-refractivity contribution in [1.29, 1.82) is 0 Å². The van der Waals surface area contributed by atoms with Gasteiger partial charge in [-0.15, -0.1) is 0 Å². The highest BCUT2D eigenvalue weighted by atomic mass is 19.3. The molecule has 1 atom stereocenters. The molecule has 0 aromatic carbocycles. The van der Waals surface area contributed by atoms with Gasteiger partial charge in [0.15, 0.2) is 5.82 Å². The highest BCUT2D eigenvalue weighted by molar-refractivity contribution is 5.84. The van der Waals surface area contributed by atoms with Crippen LogP contribution in [-0.4, -0.2) is 50.5 Å². The third-order valence-electron chi connectivity index (χ3n) is 4.29. The van der Waals surface area contributed by atoms with Crippen LogP contribution in [0.2, 0.25) is 0 Å². The SMILES string of the molecule is C/C(CF)=N/c1nc(NC2CC(F)(F)C2)nc(C2=C(F)C(O)CCC2)n1. The van der Waals surface area contributed by atoms with Crippen molar-refractivity contribution in [3.8, 4) is 0 Å². The van der Waals surface area contributed by atoms with Gasteiger partial charge >= 0.3 is 0 Å². The lowest BCUT2D eigenvalue weighted by Gasteiger charge is -2.35. The Morgan fingerprint density at radius 1 is 1.31 bits per heavy atom. The van der Waals surface area contributed by atoms with Crippen LogP contribution in [0.1, 0.15) is 44.9 Å². The molecule has 10 heteroatoms. The Hall–Kier alpha value is -2.10. The second-order valence-electron chi connectivity index (χ2n) is 6.60. The molecule has 0 saturated heterocycles. The number of hydrogen-bond donors (Lipinski definition) is 2. The summed E-state index contributed by atoms with van der Waals surface area (Å²) in [6.45, 7) is 0.627. The Bertz CT molecular complexity index is 744. The minimum Gasteiger partial charge on any atom is -0.386 e. The van der Waals surface area contributed by atoms with E-state index in [1.807, 2.05) is 0 Å². The number of aliphatic imine (C=N–C) groups is 1. The number of hydrogen-bond acceptors (Lipinski definition) is 6. The lowest BCUT2D eigenvalue weighted by Crippen LogP contribution is -2.44. The predicted molar refractivity (Wildman–Crippen MR) is 88.0 cm³/mol. The standard InChI is InChI=1S/C16H19F4N5O/c1-8(7-17)21-14-23-13(10-3-2-4-11(26)12(10)18)24-15(25-14)22-9-5-16(19,20)6-9/h9,11,26H,2-7H2,1H3,(H,22,23,24,25)/b21-8-. The van der Waals surface area contributed by atoms with E-state index in [-0.39, 0.29) is 41.8 Å². The Morgan fingerprint density at radius 2 is 2.04 bits per heavy atom. The molecular weight excluding hydrogens is 354 g/mol. The zero-order valence-electron chi connectivity index (χ0n) is 14.1. The van der Waals surface area contributed by atoms with Crippen LogP contribution in [0, 0.1) is 0 Å². The first kappa shape index (κ1) is 18.7. The average molecular weight is 373 g/mol. The second-order valence-corrected chi connectivity index (χ2v) is 6.60. The van der Waals surface area contributed by atoms with Crippen LogP contribution in [0.3, 0.4) is 0 Å². The highest BCUT2D eigenvalue weighted by Gasteiger charge is 2.45. The normalized spacial score (nSPS) is 23.8. The Labute approximate surface area is 147 Å². The summed E-state index contributed by atoms with van der Waals surface area (Å²) in [5.41, 5.74) is 0.240. The molecule has 1 aromatic rings. The largest absolute Gasteiger partial charge is 0.386 e. The van der Waals surface area contributed by atoms with Crippen LogP contribution in [0.4, 0.5) is 29.5 Å². The van der Waals surface area contributed by atoms with Gasteiger partial charge in [-0.25, -0.2) is 22.6 Å². The molecule has 2 N–H and O–H groups in total. The summed E-state index contributed by atoms with van der Waals surface area (Å²) in [5.74, 6) is -3.64. The molecule has 142 valence electrons. The number of allylic oxidation sites excluding steroid dienone is 1. The van der Waals surface area contributed by atoms with Gasteiger partial charge in [-0.1, -0.05) is 0 Å². The second kappa shape index (κ2) is 7.26. The molecule has 1 unspecified atom stereocenters. The van der Waals surface area contributed by atoms with Crippen molar-refractivity contribution in [2.75, 3.05) is 12.0 Å². The van der Waals surface area contributed by atoms with Crippen molar-refractivity contribution >= 4 is 23.2 Å². The van der Waals surface area contributed by atoms with Gasteiger partial charge in [0, 0.05) is 30.2 Å². The van der Waals surface area contributed by atoms with Gasteiger partial charge in [-0.3, -0.25) is 0 Å². The summed E-state index contributed by atoms with van der Waals surface area (Å²) < 4.78 is 53.0. The van der Waals surface area contributed by atoms with Gasteiger partial charge in [0.1, 0.15) is 18.6 Å². The summed E-state index contributed by atoms with van der Waals surface area (Å²) in [4.78, 5) is 16.0. The number of alkyl halides is 3. The highest BCUT2D eigenvalue weighted by Crippen LogP contribution is 2.39. The third-order valence-corrected chi connectivity index (χ3v) is 4.29. The summed E-state index contributed by atoms with van der Waals surface area (Å²) in [7, 11) is 0. The maximum Gasteiger partial charge on any atom is 0.254 e. The molecular formula is C16H19F4N5O. The zero-order valence-corrected chi connectivity index (χ0v) is 14.1. The topological polar surface area (TPSA) is 83.3 Å². The summed E-state index contributed by atoms with van der Waals surface area (Å²) in [6.07, 6.45) is -0.766. The van der Waals surface area contributed by atoms with E-state index in [9.17, 15) is 22.7 Å². The van der Waals surface area contributed by atoms with Crippen molar-refractivity contribution in [3.05, 3.63) is 11.7 Å². The van der Waals surface area contributed by atoms with Crippen LogP contribution >= 0.6 is 0 Å². The molecule has 0 bridgehead atoms. The Balaban J connectivity index is 1.94. The van der Waals surface area contributed by atoms with E-state index in [4.69, 9.17) is 0 Å². The van der Waals surface area contributed by atoms with E-state index in [1.165, 1.54) is 6.92 Å². The van der Waals surface area contributed by atoms with E-state index in [0.29, 0.717) is 19.3 Å². The molecule has 26 heavy (non-hydrogen) atoms. The maximum atomic E-state index is 14.3. The van der Waals surface area contributed by atoms with Gasteiger partial charge < -0.3 is 10.4 Å².